The number of ether oxygens (including phenoxy) is 2. The highest BCUT2D eigenvalue weighted by atomic mass is 16.5. The van der Waals surface area contributed by atoms with Gasteiger partial charge >= 0.3 is 0 Å². The van der Waals surface area contributed by atoms with Gasteiger partial charge in [0, 0.05) is 17.7 Å². The molecule has 0 heterocycles. The summed E-state index contributed by atoms with van der Waals surface area (Å²) < 4.78 is 11.0. The zero-order valence-corrected chi connectivity index (χ0v) is 14.3. The third kappa shape index (κ3) is 3.71. The molecule has 0 aromatic heterocycles. The summed E-state index contributed by atoms with van der Waals surface area (Å²) >= 11 is 0. The van der Waals surface area contributed by atoms with Crippen molar-refractivity contribution in [3.05, 3.63) is 47.5 Å². The van der Waals surface area contributed by atoms with Crippen molar-refractivity contribution in [1.29, 1.82) is 0 Å². The van der Waals surface area contributed by atoms with Gasteiger partial charge in [0.15, 0.2) is 17.3 Å². The number of methoxy groups -OCH3 is 2. The van der Waals surface area contributed by atoms with Crippen LogP contribution in [-0.4, -0.2) is 39.0 Å². The molecule has 0 radical (unpaired) electrons. The van der Waals surface area contributed by atoms with Gasteiger partial charge in [-0.25, -0.2) is 0 Å². The van der Waals surface area contributed by atoms with Gasteiger partial charge in [0.2, 0.25) is 0 Å². The average Bonchev–Trinajstić information content (AvgIpc) is 2.53. The summed E-state index contributed by atoms with van der Waals surface area (Å²) in [5, 5.41) is 0. The molecule has 0 saturated heterocycles. The Morgan fingerprint density at radius 3 is 2.30 bits per heavy atom. The average molecular weight is 313 g/mol. The second-order valence-corrected chi connectivity index (χ2v) is 5.71. The molecule has 0 saturated carbocycles. The predicted molar refractivity (Wildman–Crippen MR) is 92.4 cm³/mol. The number of benzene rings is 2. The van der Waals surface area contributed by atoms with Crippen LogP contribution in [0.25, 0.3) is 11.1 Å². The summed E-state index contributed by atoms with van der Waals surface area (Å²) in [6, 6.07) is 11.7. The molecule has 0 aliphatic rings. The molecule has 0 N–H and O–H groups in total. The van der Waals surface area contributed by atoms with Crippen molar-refractivity contribution in [3.8, 4) is 22.6 Å². The van der Waals surface area contributed by atoms with Crippen molar-refractivity contribution < 1.29 is 14.3 Å². The number of Topliss-reactive ketones (excluding diaryl/α,β-unsaturated/α-hetero) is 1. The van der Waals surface area contributed by atoms with Gasteiger partial charge in [0.1, 0.15) is 0 Å². The van der Waals surface area contributed by atoms with E-state index in [1.807, 2.05) is 38.4 Å². The van der Waals surface area contributed by atoms with Gasteiger partial charge in [-0.2, -0.15) is 0 Å². The predicted octanol–water partition coefficient (Wildman–Crippen LogP) is 3.64. The Labute approximate surface area is 137 Å². The van der Waals surface area contributed by atoms with Crippen molar-refractivity contribution in [2.24, 2.45) is 0 Å². The van der Waals surface area contributed by atoms with Crippen molar-refractivity contribution in [1.82, 2.24) is 4.90 Å². The summed E-state index contributed by atoms with van der Waals surface area (Å²) in [6.07, 6.45) is 0. The summed E-state index contributed by atoms with van der Waals surface area (Å²) in [5.74, 6) is 1.20. The number of ketones is 1. The molecule has 0 aliphatic heterocycles. The van der Waals surface area contributed by atoms with Gasteiger partial charge in [0.05, 0.1) is 14.2 Å². The highest BCUT2D eigenvalue weighted by Gasteiger charge is 2.18. The maximum atomic E-state index is 11.9. The Morgan fingerprint density at radius 1 is 1.04 bits per heavy atom. The Kier molecular flexibility index (Phi) is 5.40. The first kappa shape index (κ1) is 17.0. The molecule has 2 aromatic carbocycles. The third-order valence-electron chi connectivity index (χ3n) is 3.68. The minimum absolute atomic E-state index is 0.00251. The lowest BCUT2D eigenvalue weighted by Gasteiger charge is -2.18. The van der Waals surface area contributed by atoms with Crippen LogP contribution in [0.1, 0.15) is 22.8 Å². The topological polar surface area (TPSA) is 38.8 Å². The quantitative estimate of drug-likeness (QED) is 0.763. The number of carbonyl (C=O) groups excluding carboxylic acids is 1. The largest absolute Gasteiger partial charge is 0.493 e. The van der Waals surface area contributed by atoms with E-state index in [9.17, 15) is 4.79 Å². The standard InChI is InChI=1S/C19H23NO3/c1-13(21)15-10-17(19(23-5)18(11-15)22-4)16-9-7-6-8-14(16)12-20(2)3/h6-11H,12H2,1-5H3. The molecule has 122 valence electrons. The Balaban J connectivity index is 2.71. The fourth-order valence-electron chi connectivity index (χ4n) is 2.63. The monoisotopic (exact) mass is 313 g/mol. The molecule has 0 aliphatic carbocycles. The van der Waals surface area contributed by atoms with Crippen LogP contribution >= 0.6 is 0 Å². The van der Waals surface area contributed by atoms with Gasteiger partial charge in [-0.05, 0) is 44.3 Å². The Morgan fingerprint density at radius 2 is 1.74 bits per heavy atom. The highest BCUT2D eigenvalue weighted by Crippen LogP contribution is 2.40. The minimum Gasteiger partial charge on any atom is -0.493 e. The molecule has 0 atom stereocenters. The Hall–Kier alpha value is -2.33. The van der Waals surface area contributed by atoms with E-state index in [0.29, 0.717) is 17.1 Å². The lowest BCUT2D eigenvalue weighted by Crippen LogP contribution is -2.11. The van der Waals surface area contributed by atoms with Crippen LogP contribution in [0.4, 0.5) is 0 Å². The summed E-state index contributed by atoms with van der Waals surface area (Å²) in [6.45, 7) is 2.35. The first-order valence-electron chi connectivity index (χ1n) is 7.48. The maximum absolute atomic E-state index is 11.9. The van der Waals surface area contributed by atoms with Gasteiger partial charge < -0.3 is 14.4 Å². The van der Waals surface area contributed by atoms with Crippen molar-refractivity contribution in [2.75, 3.05) is 28.3 Å². The van der Waals surface area contributed by atoms with Gasteiger partial charge in [-0.15, -0.1) is 0 Å². The lowest BCUT2D eigenvalue weighted by atomic mass is 9.95. The molecule has 2 aromatic rings. The van der Waals surface area contributed by atoms with E-state index in [-0.39, 0.29) is 5.78 Å². The smallest absolute Gasteiger partial charge is 0.168 e. The van der Waals surface area contributed by atoms with E-state index < -0.39 is 0 Å². The van der Waals surface area contributed by atoms with Gasteiger partial charge in [-0.1, -0.05) is 24.3 Å². The van der Waals surface area contributed by atoms with Crippen LogP contribution in [0.5, 0.6) is 11.5 Å². The van der Waals surface area contributed by atoms with Crippen molar-refractivity contribution in [2.45, 2.75) is 13.5 Å². The van der Waals surface area contributed by atoms with Crippen LogP contribution in [0.3, 0.4) is 0 Å². The fraction of sp³-hybridized carbons (Fsp3) is 0.316. The number of hydrogen-bond donors (Lipinski definition) is 0. The SMILES string of the molecule is COc1cc(C(C)=O)cc(-c2ccccc2CN(C)C)c1OC. The normalized spacial score (nSPS) is 10.7. The van der Waals surface area contributed by atoms with Gasteiger partial charge in [0.25, 0.3) is 0 Å². The minimum atomic E-state index is -0.00251. The maximum Gasteiger partial charge on any atom is 0.168 e. The van der Waals surface area contributed by atoms with E-state index in [1.54, 1.807) is 27.2 Å². The van der Waals surface area contributed by atoms with E-state index in [1.165, 1.54) is 5.56 Å². The molecule has 23 heavy (non-hydrogen) atoms. The lowest BCUT2D eigenvalue weighted by molar-refractivity contribution is 0.101. The third-order valence-corrected chi connectivity index (χ3v) is 3.68. The first-order chi connectivity index (χ1) is 11.0. The zero-order valence-electron chi connectivity index (χ0n) is 14.3. The molecule has 0 fully saturated rings. The number of hydrogen-bond acceptors (Lipinski definition) is 4. The fourth-order valence-corrected chi connectivity index (χ4v) is 2.63. The number of carbonyl (C=O) groups is 1. The van der Waals surface area contributed by atoms with Crippen molar-refractivity contribution >= 4 is 5.78 Å². The van der Waals surface area contributed by atoms with Crippen LogP contribution in [0.15, 0.2) is 36.4 Å². The summed E-state index contributed by atoms with van der Waals surface area (Å²) in [4.78, 5) is 14.0. The Bertz CT molecular complexity index is 708. The van der Waals surface area contributed by atoms with Crippen molar-refractivity contribution in [3.63, 3.8) is 0 Å². The zero-order chi connectivity index (χ0) is 17.0. The van der Waals surface area contributed by atoms with Crippen LogP contribution in [0, 0.1) is 0 Å². The molecular weight excluding hydrogens is 290 g/mol. The summed E-state index contributed by atoms with van der Waals surface area (Å²) in [7, 11) is 7.25. The molecule has 4 nitrogen and oxygen atoms in total. The molecule has 0 bridgehead atoms. The van der Waals surface area contributed by atoms with Crippen LogP contribution < -0.4 is 9.47 Å². The van der Waals surface area contributed by atoms with Crippen LogP contribution in [0.2, 0.25) is 0 Å². The second-order valence-electron chi connectivity index (χ2n) is 5.71. The van der Waals surface area contributed by atoms with E-state index in [4.69, 9.17) is 9.47 Å². The second kappa shape index (κ2) is 7.29. The number of nitrogens with zero attached hydrogens (tertiary/aromatic N) is 1. The van der Waals surface area contributed by atoms with E-state index in [0.717, 1.165) is 17.7 Å². The first-order valence-corrected chi connectivity index (χ1v) is 7.48. The van der Waals surface area contributed by atoms with Crippen LogP contribution in [-0.2, 0) is 6.54 Å². The van der Waals surface area contributed by atoms with E-state index in [2.05, 4.69) is 11.0 Å². The summed E-state index contributed by atoms with van der Waals surface area (Å²) in [5.41, 5.74) is 3.69. The molecule has 0 unspecified atom stereocenters. The van der Waals surface area contributed by atoms with E-state index >= 15 is 0 Å². The molecule has 0 amide bonds. The molecule has 0 spiro atoms. The molecular formula is C19H23NO3. The molecule has 2 rings (SSSR count). The number of rotatable bonds is 6. The molecule has 4 heteroatoms. The highest BCUT2D eigenvalue weighted by molar-refractivity contribution is 5.97. The van der Waals surface area contributed by atoms with Gasteiger partial charge in [-0.3, -0.25) is 4.79 Å².